The maximum Gasteiger partial charge on any atom is 0.243 e. The summed E-state index contributed by atoms with van der Waals surface area (Å²) in [5, 5.41) is 0. The first kappa shape index (κ1) is 13.3. The van der Waals surface area contributed by atoms with Crippen LogP contribution in [0.3, 0.4) is 0 Å². The van der Waals surface area contributed by atoms with E-state index in [-0.39, 0.29) is 0 Å². The van der Waals surface area contributed by atoms with Crippen molar-refractivity contribution in [1.29, 1.82) is 0 Å². The Bertz CT molecular complexity index is 534. The Morgan fingerprint density at radius 3 is 2.39 bits per heavy atom. The molecule has 0 aromatic heterocycles. The average Bonchev–Trinajstić information content (AvgIpc) is 2.32. The predicted octanol–water partition coefficient (Wildman–Crippen LogP) is 0.513. The minimum atomic E-state index is -3.41. The Balaban J connectivity index is 2.33. The summed E-state index contributed by atoms with van der Waals surface area (Å²) in [4.78, 5) is 2.45. The van der Waals surface area contributed by atoms with Gasteiger partial charge in [-0.2, -0.15) is 4.31 Å². The molecule has 2 rings (SSSR count). The molecular weight excluding hydrogens is 250 g/mol. The van der Waals surface area contributed by atoms with Gasteiger partial charge in [0.05, 0.1) is 4.90 Å². The predicted molar refractivity (Wildman–Crippen MR) is 71.8 cm³/mol. The summed E-state index contributed by atoms with van der Waals surface area (Å²) < 4.78 is 26.6. The molecule has 2 N–H and O–H groups in total. The molecule has 6 heteroatoms. The van der Waals surface area contributed by atoms with Crippen LogP contribution in [0.15, 0.2) is 23.1 Å². The number of nitrogens with zero attached hydrogens (tertiary/aromatic N) is 2. The van der Waals surface area contributed by atoms with Gasteiger partial charge in [-0.3, -0.25) is 0 Å². The van der Waals surface area contributed by atoms with Gasteiger partial charge in [-0.05, 0) is 31.7 Å². The van der Waals surface area contributed by atoms with Crippen molar-refractivity contribution in [2.45, 2.75) is 11.8 Å². The maximum absolute atomic E-state index is 12.5. The first-order valence-corrected chi connectivity index (χ1v) is 7.40. The maximum atomic E-state index is 12.5. The lowest BCUT2D eigenvalue weighted by Gasteiger charge is -2.31. The molecule has 1 aromatic rings. The van der Waals surface area contributed by atoms with Crippen molar-refractivity contribution >= 4 is 15.7 Å². The molecule has 1 aromatic carbocycles. The Labute approximate surface area is 108 Å². The number of hydrogen-bond donors (Lipinski definition) is 1. The van der Waals surface area contributed by atoms with E-state index >= 15 is 0 Å². The van der Waals surface area contributed by atoms with Crippen molar-refractivity contribution in [1.82, 2.24) is 9.21 Å². The van der Waals surface area contributed by atoms with Gasteiger partial charge < -0.3 is 10.6 Å². The minimum Gasteiger partial charge on any atom is -0.399 e. The van der Waals surface area contributed by atoms with E-state index < -0.39 is 10.0 Å². The summed E-state index contributed by atoms with van der Waals surface area (Å²) in [7, 11) is -1.42. The minimum absolute atomic E-state index is 0.326. The summed E-state index contributed by atoms with van der Waals surface area (Å²) in [5.74, 6) is 0. The van der Waals surface area contributed by atoms with Gasteiger partial charge in [-0.25, -0.2) is 8.42 Å². The van der Waals surface area contributed by atoms with E-state index in [0.29, 0.717) is 23.7 Å². The normalized spacial score (nSPS) is 19.0. The molecular formula is C12H19N3O2S. The molecule has 18 heavy (non-hydrogen) atoms. The molecule has 0 spiro atoms. The number of benzene rings is 1. The van der Waals surface area contributed by atoms with Gasteiger partial charge >= 0.3 is 0 Å². The number of anilines is 1. The lowest BCUT2D eigenvalue weighted by atomic mass is 10.2. The number of nitrogens with two attached hydrogens (primary N) is 1. The van der Waals surface area contributed by atoms with Crippen molar-refractivity contribution in [2.75, 3.05) is 39.0 Å². The number of hydrogen-bond acceptors (Lipinski definition) is 4. The van der Waals surface area contributed by atoms with Crippen LogP contribution in [0.2, 0.25) is 0 Å². The van der Waals surface area contributed by atoms with Gasteiger partial charge in [0.2, 0.25) is 10.0 Å². The Hall–Kier alpha value is -1.11. The van der Waals surface area contributed by atoms with Gasteiger partial charge in [0, 0.05) is 31.9 Å². The Morgan fingerprint density at radius 1 is 1.17 bits per heavy atom. The van der Waals surface area contributed by atoms with E-state index in [2.05, 4.69) is 4.90 Å². The highest BCUT2D eigenvalue weighted by atomic mass is 32.2. The lowest BCUT2D eigenvalue weighted by Crippen LogP contribution is -2.47. The molecule has 1 saturated heterocycles. The third-order valence-electron chi connectivity index (χ3n) is 3.29. The molecule has 0 bridgehead atoms. The van der Waals surface area contributed by atoms with E-state index in [1.807, 2.05) is 7.05 Å². The van der Waals surface area contributed by atoms with Crippen LogP contribution >= 0.6 is 0 Å². The quantitative estimate of drug-likeness (QED) is 0.795. The van der Waals surface area contributed by atoms with Crippen molar-refractivity contribution < 1.29 is 8.42 Å². The molecule has 100 valence electrons. The number of likely N-dealkylation sites (N-methyl/N-ethyl adjacent to an activating group) is 1. The van der Waals surface area contributed by atoms with Gasteiger partial charge in [0.25, 0.3) is 0 Å². The molecule has 1 aliphatic heterocycles. The Morgan fingerprint density at radius 2 is 1.78 bits per heavy atom. The lowest BCUT2D eigenvalue weighted by molar-refractivity contribution is 0.222. The van der Waals surface area contributed by atoms with Gasteiger partial charge in [-0.1, -0.05) is 6.07 Å². The van der Waals surface area contributed by atoms with Crippen molar-refractivity contribution in [2.24, 2.45) is 0 Å². The zero-order valence-electron chi connectivity index (χ0n) is 10.8. The van der Waals surface area contributed by atoms with E-state index in [0.717, 1.165) is 18.7 Å². The van der Waals surface area contributed by atoms with Crippen LogP contribution in [0.4, 0.5) is 5.69 Å². The fourth-order valence-electron chi connectivity index (χ4n) is 2.06. The monoisotopic (exact) mass is 269 g/mol. The zero-order chi connectivity index (χ0) is 13.3. The number of sulfonamides is 1. The molecule has 1 aliphatic rings. The smallest absolute Gasteiger partial charge is 0.243 e. The second kappa shape index (κ2) is 4.87. The first-order chi connectivity index (χ1) is 8.41. The number of piperazine rings is 1. The average molecular weight is 269 g/mol. The molecule has 0 amide bonds. The first-order valence-electron chi connectivity index (χ1n) is 5.96. The van der Waals surface area contributed by atoms with Crippen molar-refractivity contribution in [3.63, 3.8) is 0 Å². The molecule has 0 aliphatic carbocycles. The van der Waals surface area contributed by atoms with Crippen LogP contribution < -0.4 is 5.73 Å². The van der Waals surface area contributed by atoms with E-state index in [1.54, 1.807) is 25.1 Å². The molecule has 1 fully saturated rings. The topological polar surface area (TPSA) is 66.6 Å². The zero-order valence-corrected chi connectivity index (χ0v) is 11.6. The van der Waals surface area contributed by atoms with Crippen LogP contribution in [0.1, 0.15) is 5.56 Å². The summed E-state index contributed by atoms with van der Waals surface area (Å²) in [6.45, 7) is 4.39. The van der Waals surface area contributed by atoms with Crippen LogP contribution in [0.25, 0.3) is 0 Å². The molecule has 0 atom stereocenters. The molecule has 0 radical (unpaired) electrons. The third kappa shape index (κ3) is 2.50. The highest BCUT2D eigenvalue weighted by molar-refractivity contribution is 7.89. The largest absolute Gasteiger partial charge is 0.399 e. The van der Waals surface area contributed by atoms with E-state index in [1.165, 1.54) is 4.31 Å². The van der Waals surface area contributed by atoms with Crippen LogP contribution in [0.5, 0.6) is 0 Å². The molecule has 1 heterocycles. The number of nitrogen functional groups attached to an aromatic ring is 1. The highest BCUT2D eigenvalue weighted by Gasteiger charge is 2.28. The highest BCUT2D eigenvalue weighted by Crippen LogP contribution is 2.23. The van der Waals surface area contributed by atoms with Crippen LogP contribution in [-0.2, 0) is 10.0 Å². The SMILES string of the molecule is Cc1ccc(N)cc1S(=O)(=O)N1CCN(C)CC1. The fraction of sp³-hybridized carbons (Fsp3) is 0.500. The second-order valence-corrected chi connectivity index (χ2v) is 6.64. The van der Waals surface area contributed by atoms with Crippen molar-refractivity contribution in [3.8, 4) is 0 Å². The van der Waals surface area contributed by atoms with Crippen molar-refractivity contribution in [3.05, 3.63) is 23.8 Å². The van der Waals surface area contributed by atoms with Crippen LogP contribution in [-0.4, -0.2) is 50.8 Å². The van der Waals surface area contributed by atoms with Gasteiger partial charge in [0.1, 0.15) is 0 Å². The summed E-state index contributed by atoms with van der Waals surface area (Å²) >= 11 is 0. The Kier molecular flexibility index (Phi) is 3.61. The van der Waals surface area contributed by atoms with E-state index in [9.17, 15) is 8.42 Å². The summed E-state index contributed by atoms with van der Waals surface area (Å²) in [6, 6.07) is 5.01. The molecule has 0 unspecified atom stereocenters. The summed E-state index contributed by atoms with van der Waals surface area (Å²) in [5.41, 5.74) is 6.90. The molecule has 5 nitrogen and oxygen atoms in total. The van der Waals surface area contributed by atoms with Gasteiger partial charge in [0.15, 0.2) is 0 Å². The number of rotatable bonds is 2. The number of aryl methyl sites for hydroxylation is 1. The standard InChI is InChI=1S/C12H19N3O2S/c1-10-3-4-11(13)9-12(10)18(16,17)15-7-5-14(2)6-8-15/h3-4,9H,5-8,13H2,1-2H3. The summed E-state index contributed by atoms with van der Waals surface area (Å²) in [6.07, 6.45) is 0. The van der Waals surface area contributed by atoms with Crippen LogP contribution in [0, 0.1) is 6.92 Å². The van der Waals surface area contributed by atoms with E-state index in [4.69, 9.17) is 5.73 Å². The third-order valence-corrected chi connectivity index (χ3v) is 5.33. The van der Waals surface area contributed by atoms with Gasteiger partial charge in [-0.15, -0.1) is 0 Å². The second-order valence-electron chi connectivity index (χ2n) is 4.73. The molecule has 0 saturated carbocycles. The fourth-order valence-corrected chi connectivity index (χ4v) is 3.74.